The van der Waals surface area contributed by atoms with Crippen molar-refractivity contribution in [3.8, 4) is 0 Å². The molecule has 0 aliphatic rings. The number of halogens is 2. The molecule has 3 rings (SSSR count). The Hall–Kier alpha value is -3.18. The van der Waals surface area contributed by atoms with Crippen LogP contribution in [0.2, 0.25) is 5.02 Å². The summed E-state index contributed by atoms with van der Waals surface area (Å²) in [5.74, 6) is -1.54. The fourth-order valence-electron chi connectivity index (χ4n) is 2.36. The van der Waals surface area contributed by atoms with Crippen LogP contribution in [0, 0.1) is 5.82 Å². The number of anilines is 2. The number of amides is 2. The average molecular weight is 369 g/mol. The lowest BCUT2D eigenvalue weighted by Crippen LogP contribution is -2.15. The fourth-order valence-corrected chi connectivity index (χ4v) is 2.58. The highest BCUT2D eigenvalue weighted by Gasteiger charge is 2.12. The van der Waals surface area contributed by atoms with E-state index < -0.39 is 11.7 Å². The van der Waals surface area contributed by atoms with Gasteiger partial charge in [0, 0.05) is 11.4 Å². The SMILES string of the molecule is O=C(Nc1cccc(NC(=O)c2ccccc2Cl)c1)c1ccccc1F. The number of benzene rings is 3. The lowest BCUT2D eigenvalue weighted by atomic mass is 10.2. The minimum atomic E-state index is -0.604. The molecule has 3 aromatic carbocycles. The molecule has 0 fully saturated rings. The third-order valence-electron chi connectivity index (χ3n) is 3.62. The maximum Gasteiger partial charge on any atom is 0.258 e. The van der Waals surface area contributed by atoms with Crippen LogP contribution in [0.3, 0.4) is 0 Å². The van der Waals surface area contributed by atoms with Gasteiger partial charge in [0.05, 0.1) is 16.1 Å². The van der Waals surface area contributed by atoms with Crippen molar-refractivity contribution in [3.63, 3.8) is 0 Å². The van der Waals surface area contributed by atoms with Crippen molar-refractivity contribution in [3.05, 3.63) is 94.8 Å². The molecule has 0 heterocycles. The van der Waals surface area contributed by atoms with E-state index in [4.69, 9.17) is 11.6 Å². The Bertz CT molecular complexity index is 901. The molecule has 0 unspecified atom stereocenters. The first-order valence-electron chi connectivity index (χ1n) is 7.76. The van der Waals surface area contributed by atoms with Gasteiger partial charge < -0.3 is 10.6 Å². The molecule has 0 aromatic heterocycles. The van der Waals surface area contributed by atoms with Gasteiger partial charge in [-0.15, -0.1) is 0 Å². The standard InChI is InChI=1S/C20H14ClFN2O2/c21-17-10-3-1-8-15(17)19(25)23-13-6-5-7-14(12-13)24-20(26)16-9-2-4-11-18(16)22/h1-12H,(H,23,25)(H,24,26). The molecule has 0 saturated carbocycles. The van der Waals surface area contributed by atoms with Gasteiger partial charge in [0.25, 0.3) is 11.8 Å². The molecule has 26 heavy (non-hydrogen) atoms. The van der Waals surface area contributed by atoms with E-state index in [0.717, 1.165) is 0 Å². The van der Waals surface area contributed by atoms with Crippen molar-refractivity contribution in [2.75, 3.05) is 10.6 Å². The molecule has 0 bridgehead atoms. The van der Waals surface area contributed by atoms with Gasteiger partial charge in [0.1, 0.15) is 5.82 Å². The second-order valence-corrected chi connectivity index (χ2v) is 5.86. The van der Waals surface area contributed by atoms with Crippen LogP contribution in [-0.4, -0.2) is 11.8 Å². The summed E-state index contributed by atoms with van der Waals surface area (Å²) >= 11 is 6.01. The van der Waals surface area contributed by atoms with E-state index in [0.29, 0.717) is 22.0 Å². The molecule has 2 amide bonds. The molecule has 0 aliphatic heterocycles. The summed E-state index contributed by atoms with van der Waals surface area (Å²) in [5, 5.41) is 5.66. The van der Waals surface area contributed by atoms with Crippen LogP contribution >= 0.6 is 11.6 Å². The fraction of sp³-hybridized carbons (Fsp3) is 0. The first-order valence-corrected chi connectivity index (χ1v) is 8.14. The third-order valence-corrected chi connectivity index (χ3v) is 3.94. The number of nitrogens with one attached hydrogen (secondary N) is 2. The van der Waals surface area contributed by atoms with Crippen LogP contribution in [0.1, 0.15) is 20.7 Å². The molecular formula is C20H14ClFN2O2. The van der Waals surface area contributed by atoms with Gasteiger partial charge in [-0.3, -0.25) is 9.59 Å². The van der Waals surface area contributed by atoms with Gasteiger partial charge in [0.15, 0.2) is 0 Å². The molecule has 2 N–H and O–H groups in total. The predicted molar refractivity (Wildman–Crippen MR) is 100 cm³/mol. The number of hydrogen-bond donors (Lipinski definition) is 2. The first-order chi connectivity index (χ1) is 12.5. The molecule has 3 aromatic rings. The van der Waals surface area contributed by atoms with Gasteiger partial charge in [-0.2, -0.15) is 0 Å². The lowest BCUT2D eigenvalue weighted by Gasteiger charge is -2.10. The average Bonchev–Trinajstić information content (AvgIpc) is 2.62. The van der Waals surface area contributed by atoms with Crippen LogP contribution < -0.4 is 10.6 Å². The van der Waals surface area contributed by atoms with E-state index in [1.165, 1.54) is 18.2 Å². The number of hydrogen-bond acceptors (Lipinski definition) is 2. The predicted octanol–water partition coefficient (Wildman–Crippen LogP) is 4.98. The minimum absolute atomic E-state index is 0.0574. The summed E-state index contributed by atoms with van der Waals surface area (Å²) in [5.41, 5.74) is 1.18. The Morgan fingerprint density at radius 2 is 1.27 bits per heavy atom. The molecular weight excluding hydrogens is 355 g/mol. The lowest BCUT2D eigenvalue weighted by molar-refractivity contribution is 0.101. The van der Waals surface area contributed by atoms with E-state index >= 15 is 0 Å². The Balaban J connectivity index is 1.74. The van der Waals surface area contributed by atoms with Crippen molar-refractivity contribution in [1.29, 1.82) is 0 Å². The Kier molecular flexibility index (Phi) is 5.29. The summed E-state index contributed by atoms with van der Waals surface area (Å²) < 4.78 is 13.7. The van der Waals surface area contributed by atoms with Crippen LogP contribution in [0.25, 0.3) is 0 Å². The van der Waals surface area contributed by atoms with E-state index in [1.807, 2.05) is 0 Å². The van der Waals surface area contributed by atoms with Gasteiger partial charge in [-0.05, 0) is 42.5 Å². The summed E-state index contributed by atoms with van der Waals surface area (Å²) in [6.45, 7) is 0. The third kappa shape index (κ3) is 4.07. The molecule has 0 saturated heterocycles. The topological polar surface area (TPSA) is 58.2 Å². The zero-order valence-corrected chi connectivity index (χ0v) is 14.3. The van der Waals surface area contributed by atoms with Crippen molar-refractivity contribution >= 4 is 34.8 Å². The van der Waals surface area contributed by atoms with E-state index in [9.17, 15) is 14.0 Å². The monoisotopic (exact) mass is 368 g/mol. The van der Waals surface area contributed by atoms with E-state index in [-0.39, 0.29) is 11.5 Å². The Morgan fingerprint density at radius 1 is 0.731 bits per heavy atom. The molecule has 0 radical (unpaired) electrons. The molecule has 130 valence electrons. The highest BCUT2D eigenvalue weighted by molar-refractivity contribution is 6.34. The number of carbonyl (C=O) groups excluding carboxylic acids is 2. The first kappa shape index (κ1) is 17.6. The van der Waals surface area contributed by atoms with Gasteiger partial charge >= 0.3 is 0 Å². The second kappa shape index (κ2) is 7.80. The van der Waals surface area contributed by atoms with Gasteiger partial charge in [-0.1, -0.05) is 41.9 Å². The number of rotatable bonds is 4. The van der Waals surface area contributed by atoms with Crippen LogP contribution in [0.15, 0.2) is 72.8 Å². The van der Waals surface area contributed by atoms with Crippen LogP contribution in [-0.2, 0) is 0 Å². The van der Waals surface area contributed by atoms with Crippen molar-refractivity contribution < 1.29 is 14.0 Å². The smallest absolute Gasteiger partial charge is 0.258 e. The summed E-state index contributed by atoms with van der Waals surface area (Å²) in [6, 6.07) is 19.0. The molecule has 4 nitrogen and oxygen atoms in total. The van der Waals surface area contributed by atoms with Crippen molar-refractivity contribution in [2.24, 2.45) is 0 Å². The molecule has 0 spiro atoms. The summed E-state index contributed by atoms with van der Waals surface area (Å²) in [4.78, 5) is 24.5. The zero-order valence-electron chi connectivity index (χ0n) is 13.5. The minimum Gasteiger partial charge on any atom is -0.322 e. The zero-order chi connectivity index (χ0) is 18.5. The van der Waals surface area contributed by atoms with Gasteiger partial charge in [-0.25, -0.2) is 4.39 Å². The summed E-state index contributed by atoms with van der Waals surface area (Å²) in [6.07, 6.45) is 0. The number of carbonyl (C=O) groups is 2. The maximum atomic E-state index is 13.7. The van der Waals surface area contributed by atoms with Gasteiger partial charge in [0.2, 0.25) is 0 Å². The van der Waals surface area contributed by atoms with Crippen LogP contribution in [0.4, 0.5) is 15.8 Å². The molecule has 0 aliphatic carbocycles. The Labute approximate surface area is 154 Å². The van der Waals surface area contributed by atoms with E-state index in [2.05, 4.69) is 10.6 Å². The maximum absolute atomic E-state index is 13.7. The molecule has 6 heteroatoms. The van der Waals surface area contributed by atoms with Crippen molar-refractivity contribution in [2.45, 2.75) is 0 Å². The molecule has 0 atom stereocenters. The largest absolute Gasteiger partial charge is 0.322 e. The Morgan fingerprint density at radius 3 is 1.88 bits per heavy atom. The second-order valence-electron chi connectivity index (χ2n) is 5.45. The quantitative estimate of drug-likeness (QED) is 0.682. The van der Waals surface area contributed by atoms with Crippen LogP contribution in [0.5, 0.6) is 0 Å². The normalized spacial score (nSPS) is 10.2. The highest BCUT2D eigenvalue weighted by Crippen LogP contribution is 2.20. The van der Waals surface area contributed by atoms with E-state index in [1.54, 1.807) is 54.6 Å². The highest BCUT2D eigenvalue weighted by atomic mass is 35.5. The van der Waals surface area contributed by atoms with Crippen molar-refractivity contribution in [1.82, 2.24) is 0 Å². The summed E-state index contributed by atoms with van der Waals surface area (Å²) in [7, 11) is 0.